The maximum atomic E-state index is 12.5. The van der Waals surface area contributed by atoms with Gasteiger partial charge in [0.1, 0.15) is 6.04 Å². The first-order chi connectivity index (χ1) is 11.9. The topological polar surface area (TPSA) is 113 Å². The lowest BCUT2D eigenvalue weighted by molar-refractivity contribution is -0.118. The summed E-state index contributed by atoms with van der Waals surface area (Å²) < 4.78 is 0. The van der Waals surface area contributed by atoms with Gasteiger partial charge in [0, 0.05) is 24.7 Å². The summed E-state index contributed by atoms with van der Waals surface area (Å²) in [6, 6.07) is 14.4. The average molecular weight is 340 g/mol. The van der Waals surface area contributed by atoms with Gasteiger partial charge in [0.25, 0.3) is 0 Å². The van der Waals surface area contributed by atoms with Crippen molar-refractivity contribution in [2.24, 2.45) is 5.73 Å². The molecule has 2 aromatic rings. The number of rotatable bonds is 6. The molecule has 5 N–H and O–H groups in total. The number of hydrogen-bond donors (Lipinski definition) is 4. The van der Waals surface area contributed by atoms with Gasteiger partial charge in [0.05, 0.1) is 0 Å². The molecule has 0 spiro atoms. The van der Waals surface area contributed by atoms with Crippen LogP contribution in [0.25, 0.3) is 0 Å². The van der Waals surface area contributed by atoms with Gasteiger partial charge in [-0.1, -0.05) is 36.4 Å². The molecule has 25 heavy (non-hydrogen) atoms. The monoisotopic (exact) mass is 340 g/mol. The Morgan fingerprint density at radius 1 is 0.960 bits per heavy atom. The molecular weight excluding hydrogens is 320 g/mol. The number of hydrogen-bond acceptors (Lipinski definition) is 3. The highest BCUT2D eigenvalue weighted by Gasteiger charge is 2.20. The van der Waals surface area contributed by atoms with E-state index in [4.69, 9.17) is 5.73 Å². The molecule has 0 saturated carbocycles. The van der Waals surface area contributed by atoms with E-state index in [-0.39, 0.29) is 5.91 Å². The van der Waals surface area contributed by atoms with Crippen molar-refractivity contribution in [3.8, 4) is 0 Å². The second kappa shape index (κ2) is 8.49. The van der Waals surface area contributed by atoms with Gasteiger partial charge in [0.15, 0.2) is 0 Å². The summed E-state index contributed by atoms with van der Waals surface area (Å²) in [4.78, 5) is 34.9. The molecule has 4 amide bonds. The Balaban J connectivity index is 2.11. The number of nitrogens with one attached hydrogen (secondary N) is 3. The third-order valence-corrected chi connectivity index (χ3v) is 3.37. The van der Waals surface area contributed by atoms with E-state index in [0.717, 1.165) is 5.56 Å². The van der Waals surface area contributed by atoms with Gasteiger partial charge >= 0.3 is 6.03 Å². The second-order valence-electron chi connectivity index (χ2n) is 5.50. The van der Waals surface area contributed by atoms with E-state index < -0.39 is 18.0 Å². The lowest BCUT2D eigenvalue weighted by Gasteiger charge is -2.18. The summed E-state index contributed by atoms with van der Waals surface area (Å²) in [7, 11) is 0. The largest absolute Gasteiger partial charge is 0.352 e. The summed E-state index contributed by atoms with van der Waals surface area (Å²) in [6.07, 6.45) is 0.307. The zero-order valence-electron chi connectivity index (χ0n) is 13.8. The number of nitrogens with two attached hydrogens (primary N) is 1. The van der Waals surface area contributed by atoms with Crippen molar-refractivity contribution < 1.29 is 14.4 Å². The Morgan fingerprint density at radius 2 is 1.60 bits per heavy atom. The third kappa shape index (κ3) is 5.98. The fraction of sp³-hybridized carbons (Fsp3) is 0.167. The standard InChI is InChI=1S/C18H20N4O3/c1-12(23)20-14-8-5-9-15(11-14)21-17(24)16(22-18(19)25)10-13-6-3-2-4-7-13/h2-9,11,16H,10H2,1H3,(H,20,23)(H,21,24)(H3,19,22,25). The zero-order valence-corrected chi connectivity index (χ0v) is 13.8. The zero-order chi connectivity index (χ0) is 18.2. The van der Waals surface area contributed by atoms with E-state index in [2.05, 4.69) is 16.0 Å². The van der Waals surface area contributed by atoms with Crippen LogP contribution in [0, 0.1) is 0 Å². The molecule has 0 aliphatic carbocycles. The van der Waals surface area contributed by atoms with Gasteiger partial charge in [-0.05, 0) is 23.8 Å². The minimum Gasteiger partial charge on any atom is -0.352 e. The number of amides is 4. The number of urea groups is 1. The minimum absolute atomic E-state index is 0.208. The van der Waals surface area contributed by atoms with E-state index in [1.54, 1.807) is 24.3 Å². The molecule has 0 fully saturated rings. The van der Waals surface area contributed by atoms with Gasteiger partial charge in [-0.3, -0.25) is 9.59 Å². The van der Waals surface area contributed by atoms with Crippen LogP contribution in [-0.4, -0.2) is 23.9 Å². The molecule has 1 unspecified atom stereocenters. The summed E-state index contributed by atoms with van der Waals surface area (Å²) in [5, 5.41) is 7.81. The summed E-state index contributed by atoms with van der Waals surface area (Å²) in [5.41, 5.74) is 7.13. The Labute approximate surface area is 145 Å². The predicted octanol–water partition coefficient (Wildman–Crippen LogP) is 1.86. The van der Waals surface area contributed by atoms with E-state index in [0.29, 0.717) is 17.8 Å². The highest BCUT2D eigenvalue weighted by Crippen LogP contribution is 2.16. The van der Waals surface area contributed by atoms with Gasteiger partial charge < -0.3 is 21.7 Å². The van der Waals surface area contributed by atoms with Crippen LogP contribution in [0.2, 0.25) is 0 Å². The van der Waals surface area contributed by atoms with Crippen molar-refractivity contribution in [1.82, 2.24) is 5.32 Å². The molecule has 0 heterocycles. The number of carbonyl (C=O) groups excluding carboxylic acids is 3. The Kier molecular flexibility index (Phi) is 6.11. The molecule has 130 valence electrons. The quantitative estimate of drug-likeness (QED) is 0.643. The molecule has 0 aliphatic rings. The Bertz CT molecular complexity index is 762. The van der Waals surface area contributed by atoms with E-state index in [9.17, 15) is 14.4 Å². The Hall–Kier alpha value is -3.35. The van der Waals surface area contributed by atoms with Crippen LogP contribution in [0.4, 0.5) is 16.2 Å². The molecule has 0 aliphatic heterocycles. The molecule has 0 bridgehead atoms. The fourth-order valence-corrected chi connectivity index (χ4v) is 2.34. The first kappa shape index (κ1) is 18.0. The molecule has 1 atom stereocenters. The molecule has 0 aromatic heterocycles. The van der Waals surface area contributed by atoms with Crippen molar-refractivity contribution in [1.29, 1.82) is 0 Å². The van der Waals surface area contributed by atoms with Crippen LogP contribution >= 0.6 is 0 Å². The molecule has 7 heteroatoms. The lowest BCUT2D eigenvalue weighted by atomic mass is 10.1. The van der Waals surface area contributed by atoms with Crippen LogP contribution in [0.15, 0.2) is 54.6 Å². The normalized spacial score (nSPS) is 11.2. The highest BCUT2D eigenvalue weighted by molar-refractivity contribution is 5.98. The molecule has 2 aromatic carbocycles. The smallest absolute Gasteiger partial charge is 0.312 e. The Morgan fingerprint density at radius 3 is 2.20 bits per heavy atom. The predicted molar refractivity (Wildman–Crippen MR) is 96.0 cm³/mol. The van der Waals surface area contributed by atoms with Crippen LogP contribution in [0.3, 0.4) is 0 Å². The van der Waals surface area contributed by atoms with Crippen molar-refractivity contribution in [2.45, 2.75) is 19.4 Å². The van der Waals surface area contributed by atoms with Gasteiger partial charge in [-0.15, -0.1) is 0 Å². The van der Waals surface area contributed by atoms with E-state index in [1.807, 2.05) is 30.3 Å². The van der Waals surface area contributed by atoms with E-state index >= 15 is 0 Å². The first-order valence-electron chi connectivity index (χ1n) is 7.72. The van der Waals surface area contributed by atoms with Gasteiger partial charge in [-0.2, -0.15) is 0 Å². The maximum Gasteiger partial charge on any atom is 0.312 e. The van der Waals surface area contributed by atoms with Gasteiger partial charge in [0.2, 0.25) is 11.8 Å². The third-order valence-electron chi connectivity index (χ3n) is 3.37. The van der Waals surface area contributed by atoms with Crippen LogP contribution < -0.4 is 21.7 Å². The molecule has 2 rings (SSSR count). The molecule has 0 saturated heterocycles. The van der Waals surface area contributed by atoms with Crippen LogP contribution in [0.1, 0.15) is 12.5 Å². The first-order valence-corrected chi connectivity index (χ1v) is 7.72. The summed E-state index contributed by atoms with van der Waals surface area (Å²) in [5.74, 6) is -0.608. The van der Waals surface area contributed by atoms with Crippen LogP contribution in [0.5, 0.6) is 0 Å². The highest BCUT2D eigenvalue weighted by atomic mass is 16.2. The van der Waals surface area contributed by atoms with Crippen molar-refractivity contribution in [3.63, 3.8) is 0 Å². The van der Waals surface area contributed by atoms with Crippen molar-refractivity contribution in [3.05, 3.63) is 60.2 Å². The number of primary amides is 1. The van der Waals surface area contributed by atoms with Crippen molar-refractivity contribution >= 4 is 29.2 Å². The number of carbonyl (C=O) groups is 3. The minimum atomic E-state index is -0.815. The maximum absolute atomic E-state index is 12.5. The molecular formula is C18H20N4O3. The molecule has 7 nitrogen and oxygen atoms in total. The second-order valence-corrected chi connectivity index (χ2v) is 5.50. The fourth-order valence-electron chi connectivity index (χ4n) is 2.34. The SMILES string of the molecule is CC(=O)Nc1cccc(NC(=O)C(Cc2ccccc2)NC(N)=O)c1. The van der Waals surface area contributed by atoms with Gasteiger partial charge in [-0.25, -0.2) is 4.79 Å². The van der Waals surface area contributed by atoms with Crippen molar-refractivity contribution in [2.75, 3.05) is 10.6 Å². The van der Waals surface area contributed by atoms with Crippen LogP contribution in [-0.2, 0) is 16.0 Å². The number of anilines is 2. The summed E-state index contributed by atoms with van der Waals surface area (Å²) in [6.45, 7) is 1.40. The van der Waals surface area contributed by atoms with E-state index in [1.165, 1.54) is 6.92 Å². The number of benzene rings is 2. The average Bonchev–Trinajstić information content (AvgIpc) is 2.54. The lowest BCUT2D eigenvalue weighted by Crippen LogP contribution is -2.47. The molecule has 0 radical (unpaired) electrons. The summed E-state index contributed by atoms with van der Waals surface area (Å²) >= 11 is 0.